The van der Waals surface area contributed by atoms with Gasteiger partial charge in [0.05, 0.1) is 11.1 Å². The smallest absolute Gasteiger partial charge is 0.334 e. The molecule has 0 unspecified atom stereocenters. The number of rotatable bonds is 3. The molecule has 0 radical (unpaired) electrons. The Morgan fingerprint density at radius 2 is 1.59 bits per heavy atom. The lowest BCUT2D eigenvalue weighted by Crippen LogP contribution is -2.07. The minimum Gasteiger partial charge on any atom is -0.334 e. The van der Waals surface area contributed by atoms with Crippen LogP contribution in [0.25, 0.3) is 34.0 Å². The van der Waals surface area contributed by atoms with Gasteiger partial charge in [0.15, 0.2) is 0 Å². The van der Waals surface area contributed by atoms with Crippen LogP contribution in [0.15, 0.2) is 77.6 Å². The van der Waals surface area contributed by atoms with Crippen molar-refractivity contribution >= 4 is 0 Å². The van der Waals surface area contributed by atoms with Gasteiger partial charge in [-0.2, -0.15) is 18.2 Å². The van der Waals surface area contributed by atoms with Crippen LogP contribution in [0.1, 0.15) is 5.56 Å². The van der Waals surface area contributed by atoms with Crippen molar-refractivity contribution in [2.45, 2.75) is 6.18 Å². The fraction of sp³-hybridized carbons (Fsp3) is 0.0500. The van der Waals surface area contributed by atoms with E-state index < -0.39 is 11.7 Å². The minimum atomic E-state index is -4.52. The predicted molar refractivity (Wildman–Crippen MR) is 93.4 cm³/mol. The van der Waals surface area contributed by atoms with Gasteiger partial charge in [0.2, 0.25) is 5.82 Å². The summed E-state index contributed by atoms with van der Waals surface area (Å²) < 4.78 is 46.0. The van der Waals surface area contributed by atoms with E-state index in [1.807, 2.05) is 0 Å². The predicted octanol–water partition coefficient (Wildman–Crippen LogP) is 5.48. The summed E-state index contributed by atoms with van der Waals surface area (Å²) in [4.78, 5) is 8.15. The van der Waals surface area contributed by atoms with Crippen LogP contribution in [0.5, 0.6) is 0 Å². The molecular formula is C20H12F3N3O. The zero-order valence-electron chi connectivity index (χ0n) is 13.8. The molecule has 2 heterocycles. The average Bonchev–Trinajstić information content (AvgIpc) is 3.18. The average molecular weight is 367 g/mol. The van der Waals surface area contributed by atoms with E-state index in [9.17, 15) is 13.2 Å². The third kappa shape index (κ3) is 3.44. The fourth-order valence-electron chi connectivity index (χ4n) is 2.73. The van der Waals surface area contributed by atoms with Crippen molar-refractivity contribution in [1.82, 2.24) is 15.1 Å². The molecule has 0 saturated carbocycles. The van der Waals surface area contributed by atoms with Crippen molar-refractivity contribution in [3.8, 4) is 34.0 Å². The third-order valence-electron chi connectivity index (χ3n) is 4.00. The molecule has 2 aromatic heterocycles. The van der Waals surface area contributed by atoms with Gasteiger partial charge in [-0.1, -0.05) is 47.6 Å². The second-order valence-corrected chi connectivity index (χ2v) is 5.79. The molecule has 0 saturated heterocycles. The van der Waals surface area contributed by atoms with Crippen molar-refractivity contribution in [1.29, 1.82) is 0 Å². The van der Waals surface area contributed by atoms with E-state index >= 15 is 0 Å². The molecule has 0 aliphatic heterocycles. The SMILES string of the molecule is FC(F)(F)c1cc(-c2noc(-c3cccnc3)n2)ccc1-c1ccccc1. The summed E-state index contributed by atoms with van der Waals surface area (Å²) in [5.41, 5.74) is 0.649. The molecule has 134 valence electrons. The first-order valence-electron chi connectivity index (χ1n) is 8.03. The first-order valence-corrected chi connectivity index (χ1v) is 8.03. The molecule has 27 heavy (non-hydrogen) atoms. The lowest BCUT2D eigenvalue weighted by molar-refractivity contribution is -0.137. The molecule has 0 aliphatic rings. The van der Waals surface area contributed by atoms with Crippen molar-refractivity contribution in [2.75, 3.05) is 0 Å². The van der Waals surface area contributed by atoms with Crippen molar-refractivity contribution < 1.29 is 17.7 Å². The van der Waals surface area contributed by atoms with Gasteiger partial charge in [-0.3, -0.25) is 4.98 Å². The highest BCUT2D eigenvalue weighted by molar-refractivity contribution is 5.72. The van der Waals surface area contributed by atoms with E-state index in [-0.39, 0.29) is 22.8 Å². The maximum absolute atomic E-state index is 13.6. The van der Waals surface area contributed by atoms with Crippen LogP contribution in [-0.2, 0) is 6.18 Å². The highest BCUT2D eigenvalue weighted by atomic mass is 19.4. The number of halogens is 3. The van der Waals surface area contributed by atoms with Gasteiger partial charge in [-0.15, -0.1) is 0 Å². The van der Waals surface area contributed by atoms with E-state index in [0.29, 0.717) is 11.1 Å². The van der Waals surface area contributed by atoms with Gasteiger partial charge < -0.3 is 4.52 Å². The second kappa shape index (κ2) is 6.68. The van der Waals surface area contributed by atoms with E-state index in [1.54, 1.807) is 54.7 Å². The van der Waals surface area contributed by atoms with Gasteiger partial charge in [0, 0.05) is 18.0 Å². The second-order valence-electron chi connectivity index (χ2n) is 5.79. The summed E-state index contributed by atoms with van der Waals surface area (Å²) in [5, 5.41) is 3.81. The van der Waals surface area contributed by atoms with Crippen LogP contribution >= 0.6 is 0 Å². The first kappa shape index (κ1) is 17.0. The Hall–Kier alpha value is -3.48. The summed E-state index contributed by atoms with van der Waals surface area (Å²) in [6.07, 6.45) is -1.38. The number of benzene rings is 2. The molecule has 0 amide bonds. The number of pyridine rings is 1. The Morgan fingerprint density at radius 1 is 0.815 bits per heavy atom. The molecule has 4 aromatic rings. The topological polar surface area (TPSA) is 51.8 Å². The normalized spacial score (nSPS) is 11.5. The summed E-state index contributed by atoms with van der Waals surface area (Å²) in [6, 6.07) is 15.9. The summed E-state index contributed by atoms with van der Waals surface area (Å²) in [6.45, 7) is 0. The highest BCUT2D eigenvalue weighted by Crippen LogP contribution is 2.39. The van der Waals surface area contributed by atoms with Gasteiger partial charge in [-0.25, -0.2) is 0 Å². The number of hydrogen-bond donors (Lipinski definition) is 0. The molecule has 4 rings (SSSR count). The van der Waals surface area contributed by atoms with Gasteiger partial charge in [-0.05, 0) is 29.3 Å². The maximum Gasteiger partial charge on any atom is 0.417 e. The number of nitrogens with zero attached hydrogens (tertiary/aromatic N) is 3. The van der Waals surface area contributed by atoms with Gasteiger partial charge in [0.25, 0.3) is 5.89 Å². The van der Waals surface area contributed by atoms with Crippen LogP contribution in [0.4, 0.5) is 13.2 Å². The molecule has 0 atom stereocenters. The monoisotopic (exact) mass is 367 g/mol. The zero-order chi connectivity index (χ0) is 18.9. The first-order chi connectivity index (χ1) is 13.0. The largest absolute Gasteiger partial charge is 0.417 e. The quantitative estimate of drug-likeness (QED) is 0.481. The highest BCUT2D eigenvalue weighted by Gasteiger charge is 2.34. The van der Waals surface area contributed by atoms with Crippen molar-refractivity contribution in [2.24, 2.45) is 0 Å². The van der Waals surface area contributed by atoms with E-state index in [4.69, 9.17) is 4.52 Å². The van der Waals surface area contributed by atoms with E-state index in [2.05, 4.69) is 15.1 Å². The van der Waals surface area contributed by atoms with Gasteiger partial charge >= 0.3 is 6.18 Å². The minimum absolute atomic E-state index is 0.0824. The van der Waals surface area contributed by atoms with Crippen LogP contribution in [0.3, 0.4) is 0 Å². The van der Waals surface area contributed by atoms with E-state index in [1.165, 1.54) is 12.3 Å². The summed E-state index contributed by atoms with van der Waals surface area (Å²) >= 11 is 0. The van der Waals surface area contributed by atoms with Crippen LogP contribution < -0.4 is 0 Å². The number of aromatic nitrogens is 3. The number of hydrogen-bond acceptors (Lipinski definition) is 4. The van der Waals surface area contributed by atoms with Crippen molar-refractivity contribution in [3.63, 3.8) is 0 Å². The lowest BCUT2D eigenvalue weighted by atomic mass is 9.97. The molecule has 2 aromatic carbocycles. The van der Waals surface area contributed by atoms with Crippen molar-refractivity contribution in [3.05, 3.63) is 78.6 Å². The van der Waals surface area contributed by atoms with Gasteiger partial charge in [0.1, 0.15) is 0 Å². The lowest BCUT2D eigenvalue weighted by Gasteiger charge is -2.14. The Kier molecular flexibility index (Phi) is 4.19. The molecule has 0 fully saturated rings. The Bertz CT molecular complexity index is 1060. The molecule has 7 heteroatoms. The third-order valence-corrected chi connectivity index (χ3v) is 4.00. The molecule has 0 N–H and O–H groups in total. The molecule has 0 spiro atoms. The maximum atomic E-state index is 13.6. The summed E-state index contributed by atoms with van der Waals surface area (Å²) in [5.74, 6) is 0.276. The van der Waals surface area contributed by atoms with Crippen LogP contribution in [0, 0.1) is 0 Å². The van der Waals surface area contributed by atoms with Crippen LogP contribution in [0.2, 0.25) is 0 Å². The molecule has 0 bridgehead atoms. The standard InChI is InChI=1S/C20H12F3N3O/c21-20(22,23)17-11-14(8-9-16(17)13-5-2-1-3-6-13)18-25-19(27-26-18)15-7-4-10-24-12-15/h1-12H. The zero-order valence-corrected chi connectivity index (χ0v) is 13.8. The molecule has 4 nitrogen and oxygen atoms in total. The fourth-order valence-corrected chi connectivity index (χ4v) is 2.73. The molecule has 0 aliphatic carbocycles. The Balaban J connectivity index is 1.78. The Morgan fingerprint density at radius 3 is 2.30 bits per heavy atom. The van der Waals surface area contributed by atoms with E-state index in [0.717, 1.165) is 6.07 Å². The number of alkyl halides is 3. The van der Waals surface area contributed by atoms with Crippen LogP contribution in [-0.4, -0.2) is 15.1 Å². The summed E-state index contributed by atoms with van der Waals surface area (Å²) in [7, 11) is 0. The molecular weight excluding hydrogens is 355 g/mol. The Labute approximate surface area is 152 Å².